The number of hydrogen-bond donors (Lipinski definition) is 1. The molecule has 2 aromatic rings. The Morgan fingerprint density at radius 3 is 2.26 bits per heavy atom. The first-order valence-corrected chi connectivity index (χ1v) is 9.24. The van der Waals surface area contributed by atoms with E-state index in [0.29, 0.717) is 6.54 Å². The summed E-state index contributed by atoms with van der Waals surface area (Å²) in [6.45, 7) is 3.84. The lowest BCUT2D eigenvalue weighted by Crippen LogP contribution is -2.44. The fourth-order valence-corrected chi connectivity index (χ4v) is 3.13. The van der Waals surface area contributed by atoms with Crippen LogP contribution in [0.3, 0.4) is 0 Å². The minimum absolute atomic E-state index is 0.163. The second kappa shape index (κ2) is 9.44. The van der Waals surface area contributed by atoms with Crippen LogP contribution in [0.4, 0.5) is 5.69 Å². The highest BCUT2D eigenvalue weighted by Gasteiger charge is 2.17. The van der Waals surface area contributed by atoms with Gasteiger partial charge in [0.15, 0.2) is 0 Å². The second-order valence-corrected chi connectivity index (χ2v) is 6.50. The highest BCUT2D eigenvalue weighted by molar-refractivity contribution is 5.97. The summed E-state index contributed by atoms with van der Waals surface area (Å²) in [7, 11) is 0. The molecule has 5 nitrogen and oxygen atoms in total. The molecule has 0 aliphatic carbocycles. The van der Waals surface area contributed by atoms with Crippen molar-refractivity contribution in [2.75, 3.05) is 37.6 Å². The molecule has 1 heterocycles. The molecular formula is C22H24N4O. The molecule has 1 aliphatic rings. The summed E-state index contributed by atoms with van der Waals surface area (Å²) in [6.07, 6.45) is 2.45. The first-order valence-electron chi connectivity index (χ1n) is 9.24. The number of para-hydroxylation sites is 1. The Labute approximate surface area is 160 Å². The highest BCUT2D eigenvalue weighted by atomic mass is 16.1. The Morgan fingerprint density at radius 2 is 1.63 bits per heavy atom. The Hall–Kier alpha value is -3.26. The molecule has 1 saturated heterocycles. The minimum atomic E-state index is -0.307. The first-order chi connectivity index (χ1) is 13.3. The zero-order chi connectivity index (χ0) is 18.9. The summed E-state index contributed by atoms with van der Waals surface area (Å²) in [5.41, 5.74) is 2.54. The lowest BCUT2D eigenvalue weighted by atomic mass is 10.1. The normalized spacial score (nSPS) is 14.6. The number of carbonyl (C=O) groups excluding carboxylic acids is 1. The van der Waals surface area contributed by atoms with Gasteiger partial charge >= 0.3 is 0 Å². The molecule has 5 heteroatoms. The van der Waals surface area contributed by atoms with Crippen molar-refractivity contribution in [2.24, 2.45) is 0 Å². The lowest BCUT2D eigenvalue weighted by molar-refractivity contribution is -0.117. The van der Waals surface area contributed by atoms with Crippen molar-refractivity contribution < 1.29 is 4.79 Å². The van der Waals surface area contributed by atoms with Gasteiger partial charge in [0.25, 0.3) is 5.91 Å². The van der Waals surface area contributed by atoms with E-state index in [0.717, 1.165) is 38.2 Å². The predicted molar refractivity (Wildman–Crippen MR) is 107 cm³/mol. The summed E-state index contributed by atoms with van der Waals surface area (Å²) in [4.78, 5) is 16.7. The van der Waals surface area contributed by atoms with Crippen LogP contribution in [-0.4, -0.2) is 43.5 Å². The van der Waals surface area contributed by atoms with Gasteiger partial charge in [-0.05, 0) is 24.1 Å². The average molecular weight is 360 g/mol. The first kappa shape index (κ1) is 18.5. The molecule has 0 saturated carbocycles. The van der Waals surface area contributed by atoms with Crippen LogP contribution in [0.2, 0.25) is 0 Å². The number of nitrogens with one attached hydrogen (secondary N) is 1. The molecule has 1 aliphatic heterocycles. The van der Waals surface area contributed by atoms with Crippen LogP contribution in [0, 0.1) is 11.3 Å². The van der Waals surface area contributed by atoms with Gasteiger partial charge < -0.3 is 15.1 Å². The van der Waals surface area contributed by atoms with Gasteiger partial charge in [-0.25, -0.2) is 0 Å². The van der Waals surface area contributed by atoms with Gasteiger partial charge in [0.05, 0.1) is 0 Å². The van der Waals surface area contributed by atoms with E-state index in [4.69, 9.17) is 0 Å². The van der Waals surface area contributed by atoms with Gasteiger partial charge in [-0.2, -0.15) is 5.26 Å². The second-order valence-electron chi connectivity index (χ2n) is 6.50. The van der Waals surface area contributed by atoms with Crippen molar-refractivity contribution in [1.29, 1.82) is 5.26 Å². The number of nitriles is 1. The van der Waals surface area contributed by atoms with E-state index in [1.165, 1.54) is 5.69 Å². The van der Waals surface area contributed by atoms with Crippen molar-refractivity contribution in [2.45, 2.75) is 6.42 Å². The van der Waals surface area contributed by atoms with Gasteiger partial charge in [-0.1, -0.05) is 48.5 Å². The van der Waals surface area contributed by atoms with Crippen molar-refractivity contribution in [3.05, 3.63) is 78.0 Å². The maximum atomic E-state index is 12.3. The van der Waals surface area contributed by atoms with Crippen LogP contribution in [0.25, 0.3) is 0 Å². The Kier molecular flexibility index (Phi) is 6.48. The van der Waals surface area contributed by atoms with Gasteiger partial charge in [0.2, 0.25) is 0 Å². The van der Waals surface area contributed by atoms with Crippen molar-refractivity contribution in [3.63, 3.8) is 0 Å². The summed E-state index contributed by atoms with van der Waals surface area (Å²) >= 11 is 0. The molecule has 0 bridgehead atoms. The molecule has 2 aromatic carbocycles. The number of hydrogen-bond acceptors (Lipinski definition) is 4. The van der Waals surface area contributed by atoms with Crippen LogP contribution >= 0.6 is 0 Å². The Morgan fingerprint density at radius 1 is 1.00 bits per heavy atom. The third-order valence-electron chi connectivity index (χ3n) is 4.65. The molecule has 0 atom stereocenters. The number of rotatable bonds is 6. The molecule has 1 amide bonds. The van der Waals surface area contributed by atoms with Gasteiger partial charge in [0, 0.05) is 44.6 Å². The van der Waals surface area contributed by atoms with Crippen LogP contribution in [-0.2, 0) is 11.2 Å². The number of anilines is 1. The number of amides is 1. The SMILES string of the molecule is N#C/C(=C\N1CCN(c2ccccc2)CC1)C(=O)NCCc1ccccc1. The van der Waals surface area contributed by atoms with Crippen LogP contribution in [0.5, 0.6) is 0 Å². The lowest BCUT2D eigenvalue weighted by Gasteiger charge is -2.35. The molecule has 27 heavy (non-hydrogen) atoms. The van der Waals surface area contributed by atoms with E-state index in [9.17, 15) is 10.1 Å². The molecule has 0 aromatic heterocycles. The number of piperazine rings is 1. The number of nitrogens with zero attached hydrogens (tertiary/aromatic N) is 3. The smallest absolute Gasteiger partial charge is 0.263 e. The van der Waals surface area contributed by atoms with Gasteiger partial charge in [-0.3, -0.25) is 4.79 Å². The van der Waals surface area contributed by atoms with E-state index in [1.54, 1.807) is 6.20 Å². The monoisotopic (exact) mass is 360 g/mol. The third kappa shape index (κ3) is 5.35. The molecule has 138 valence electrons. The van der Waals surface area contributed by atoms with E-state index in [2.05, 4.69) is 27.2 Å². The van der Waals surface area contributed by atoms with Gasteiger partial charge in [-0.15, -0.1) is 0 Å². The molecule has 0 spiro atoms. The molecule has 0 radical (unpaired) electrons. The molecule has 0 unspecified atom stereocenters. The fraction of sp³-hybridized carbons (Fsp3) is 0.273. The third-order valence-corrected chi connectivity index (χ3v) is 4.65. The molecule has 1 N–H and O–H groups in total. The number of benzene rings is 2. The largest absolute Gasteiger partial charge is 0.373 e. The zero-order valence-electron chi connectivity index (χ0n) is 15.3. The van der Waals surface area contributed by atoms with Crippen LogP contribution < -0.4 is 10.2 Å². The summed E-state index contributed by atoms with van der Waals surface area (Å²) in [5.74, 6) is -0.307. The minimum Gasteiger partial charge on any atom is -0.373 e. The standard InChI is InChI=1S/C22H24N4O/c23-17-20(22(27)24-12-11-19-7-3-1-4-8-19)18-25-13-15-26(16-14-25)21-9-5-2-6-10-21/h1-10,18H,11-16H2,(H,24,27)/b20-18+. The average Bonchev–Trinajstić information content (AvgIpc) is 2.74. The van der Waals surface area contributed by atoms with Gasteiger partial charge in [0.1, 0.15) is 11.6 Å². The maximum Gasteiger partial charge on any atom is 0.263 e. The Bertz CT molecular complexity index is 803. The summed E-state index contributed by atoms with van der Waals surface area (Å²) < 4.78 is 0. The topological polar surface area (TPSA) is 59.4 Å². The van der Waals surface area contributed by atoms with Crippen molar-refractivity contribution in [3.8, 4) is 6.07 Å². The number of carbonyl (C=O) groups is 1. The summed E-state index contributed by atoms with van der Waals surface area (Å²) in [5, 5.41) is 12.2. The molecular weight excluding hydrogens is 336 g/mol. The van der Waals surface area contributed by atoms with Crippen LogP contribution in [0.15, 0.2) is 72.4 Å². The van der Waals surface area contributed by atoms with Crippen LogP contribution in [0.1, 0.15) is 5.56 Å². The van der Waals surface area contributed by atoms with Crippen molar-refractivity contribution >= 4 is 11.6 Å². The van der Waals surface area contributed by atoms with E-state index < -0.39 is 0 Å². The molecule has 3 rings (SSSR count). The fourth-order valence-electron chi connectivity index (χ4n) is 3.13. The molecule has 1 fully saturated rings. The zero-order valence-corrected chi connectivity index (χ0v) is 15.3. The van der Waals surface area contributed by atoms with E-state index in [-0.39, 0.29) is 11.5 Å². The van der Waals surface area contributed by atoms with Crippen molar-refractivity contribution in [1.82, 2.24) is 10.2 Å². The van der Waals surface area contributed by atoms with E-state index in [1.807, 2.05) is 54.6 Å². The summed E-state index contributed by atoms with van der Waals surface area (Å²) in [6, 6.07) is 22.3. The quantitative estimate of drug-likeness (QED) is 0.635. The maximum absolute atomic E-state index is 12.3. The Balaban J connectivity index is 1.49. The predicted octanol–water partition coefficient (Wildman–Crippen LogP) is 2.57. The highest BCUT2D eigenvalue weighted by Crippen LogP contribution is 2.16. The van der Waals surface area contributed by atoms with E-state index >= 15 is 0 Å².